The van der Waals surface area contributed by atoms with Crippen LogP contribution in [0.1, 0.15) is 5.56 Å². The molecule has 0 aromatic carbocycles. The molecular weight excluding hydrogens is 185 g/mol. The molecule has 0 bridgehead atoms. The van der Waals surface area contributed by atoms with Crippen LogP contribution in [0.25, 0.3) is 0 Å². The Morgan fingerprint density at radius 2 is 2.18 bits per heavy atom. The van der Waals surface area contributed by atoms with E-state index in [0.717, 1.165) is 0 Å². The van der Waals surface area contributed by atoms with Gasteiger partial charge in [0.1, 0.15) is 5.84 Å². The zero-order valence-electron chi connectivity index (χ0n) is 5.54. The number of rotatable bonds is 1. The van der Waals surface area contributed by atoms with Gasteiger partial charge in [-0.2, -0.15) is 0 Å². The molecule has 0 aliphatic carbocycles. The summed E-state index contributed by atoms with van der Waals surface area (Å²) in [6, 6.07) is 1.59. The summed E-state index contributed by atoms with van der Waals surface area (Å²) in [5.41, 5.74) is 5.72. The average Bonchev–Trinajstić information content (AvgIpc) is 1.88. The predicted octanol–water partition coefficient (Wildman–Crippen LogP) is 1.44. The Balaban J connectivity index is 0.000001000. The molecule has 0 spiro atoms. The molecule has 0 saturated heterocycles. The van der Waals surface area contributed by atoms with Crippen LogP contribution in [0.15, 0.2) is 18.5 Å². The molecule has 0 unspecified atom stereocenters. The van der Waals surface area contributed by atoms with Crippen molar-refractivity contribution >= 4 is 29.8 Å². The van der Waals surface area contributed by atoms with Gasteiger partial charge >= 0.3 is 0 Å². The summed E-state index contributed by atoms with van der Waals surface area (Å²) >= 11 is 5.57. The van der Waals surface area contributed by atoms with Crippen molar-refractivity contribution in [2.75, 3.05) is 0 Å². The first kappa shape index (κ1) is 10.2. The largest absolute Gasteiger partial charge is 0.384 e. The number of pyridine rings is 1. The van der Waals surface area contributed by atoms with Crippen LogP contribution in [0, 0.1) is 5.41 Å². The van der Waals surface area contributed by atoms with Crippen molar-refractivity contribution in [1.82, 2.24) is 4.98 Å². The minimum atomic E-state index is -0.0185. The van der Waals surface area contributed by atoms with Crippen molar-refractivity contribution in [2.45, 2.75) is 0 Å². The van der Waals surface area contributed by atoms with Gasteiger partial charge in [-0.05, 0) is 6.07 Å². The van der Waals surface area contributed by atoms with E-state index in [4.69, 9.17) is 22.7 Å². The van der Waals surface area contributed by atoms with E-state index in [1.54, 1.807) is 6.07 Å². The van der Waals surface area contributed by atoms with Gasteiger partial charge in [0.05, 0.1) is 5.02 Å². The van der Waals surface area contributed by atoms with Gasteiger partial charge in [0.2, 0.25) is 0 Å². The van der Waals surface area contributed by atoms with E-state index in [2.05, 4.69) is 4.98 Å². The van der Waals surface area contributed by atoms with Crippen molar-refractivity contribution in [1.29, 1.82) is 5.41 Å². The Bertz CT molecular complexity index is 262. The molecule has 0 saturated carbocycles. The van der Waals surface area contributed by atoms with Gasteiger partial charge in [-0.25, -0.2) is 0 Å². The van der Waals surface area contributed by atoms with Crippen molar-refractivity contribution in [3.63, 3.8) is 0 Å². The SMILES string of the molecule is Cl.N=C(N)c1cncc(Cl)c1. The van der Waals surface area contributed by atoms with Crippen molar-refractivity contribution in [2.24, 2.45) is 5.73 Å². The molecular formula is C6H7Cl2N3. The zero-order valence-corrected chi connectivity index (χ0v) is 7.12. The topological polar surface area (TPSA) is 62.8 Å². The number of nitrogens with zero attached hydrogens (tertiary/aromatic N) is 1. The number of nitrogens with two attached hydrogens (primary N) is 1. The Labute approximate surface area is 75.5 Å². The molecule has 1 rings (SSSR count). The average molecular weight is 192 g/mol. The normalized spacial score (nSPS) is 8.45. The maximum absolute atomic E-state index is 7.01. The summed E-state index contributed by atoms with van der Waals surface area (Å²) in [5, 5.41) is 7.50. The third-order valence-corrected chi connectivity index (χ3v) is 1.22. The first-order chi connectivity index (χ1) is 4.70. The summed E-state index contributed by atoms with van der Waals surface area (Å²) in [6.45, 7) is 0. The van der Waals surface area contributed by atoms with E-state index >= 15 is 0 Å². The standard InChI is InChI=1S/C6H6ClN3.ClH/c7-5-1-4(6(8)9)2-10-3-5;/h1-3H,(H3,8,9);1H. The summed E-state index contributed by atoms with van der Waals surface area (Å²) in [5.74, 6) is -0.0185. The molecule has 3 N–H and O–H groups in total. The van der Waals surface area contributed by atoms with E-state index in [-0.39, 0.29) is 18.2 Å². The first-order valence-electron chi connectivity index (χ1n) is 2.65. The molecule has 5 heteroatoms. The lowest BCUT2D eigenvalue weighted by Gasteiger charge is -1.95. The van der Waals surface area contributed by atoms with Gasteiger partial charge in [0.15, 0.2) is 0 Å². The number of aromatic nitrogens is 1. The minimum Gasteiger partial charge on any atom is -0.384 e. The number of hydrogen-bond acceptors (Lipinski definition) is 2. The lowest BCUT2D eigenvalue weighted by Crippen LogP contribution is -2.10. The van der Waals surface area contributed by atoms with Crippen molar-refractivity contribution < 1.29 is 0 Å². The molecule has 11 heavy (non-hydrogen) atoms. The second-order valence-electron chi connectivity index (χ2n) is 1.81. The summed E-state index contributed by atoms with van der Waals surface area (Å²) in [7, 11) is 0. The molecule has 0 aliphatic rings. The maximum atomic E-state index is 7.01. The van der Waals surface area contributed by atoms with Crippen LogP contribution in [0.4, 0.5) is 0 Å². The van der Waals surface area contributed by atoms with Crippen LogP contribution in [0.2, 0.25) is 5.02 Å². The minimum absolute atomic E-state index is 0. The van der Waals surface area contributed by atoms with Gasteiger partial charge in [-0.15, -0.1) is 12.4 Å². The number of halogens is 2. The molecule has 1 aromatic heterocycles. The molecule has 0 fully saturated rings. The Morgan fingerprint density at radius 3 is 2.55 bits per heavy atom. The fourth-order valence-electron chi connectivity index (χ4n) is 0.559. The Hall–Kier alpha value is -0.800. The fraction of sp³-hybridized carbons (Fsp3) is 0. The van der Waals surface area contributed by atoms with Gasteiger partial charge in [-0.1, -0.05) is 11.6 Å². The van der Waals surface area contributed by atoms with Crippen LogP contribution in [0.3, 0.4) is 0 Å². The predicted molar refractivity (Wildman–Crippen MR) is 47.5 cm³/mol. The molecule has 0 radical (unpaired) electrons. The molecule has 1 heterocycles. The Morgan fingerprint density at radius 1 is 1.55 bits per heavy atom. The number of nitrogens with one attached hydrogen (secondary N) is 1. The van der Waals surface area contributed by atoms with Crippen LogP contribution < -0.4 is 5.73 Å². The quantitative estimate of drug-likeness (QED) is 0.522. The summed E-state index contributed by atoms with van der Waals surface area (Å²) in [6.07, 6.45) is 2.99. The fourth-order valence-corrected chi connectivity index (χ4v) is 0.733. The Kier molecular flexibility index (Phi) is 3.85. The van der Waals surface area contributed by atoms with Gasteiger partial charge in [0.25, 0.3) is 0 Å². The van der Waals surface area contributed by atoms with E-state index in [9.17, 15) is 0 Å². The van der Waals surface area contributed by atoms with Crippen LogP contribution in [0.5, 0.6) is 0 Å². The highest BCUT2D eigenvalue weighted by Gasteiger charge is 1.95. The highest BCUT2D eigenvalue weighted by molar-refractivity contribution is 6.30. The molecule has 60 valence electrons. The van der Waals surface area contributed by atoms with E-state index < -0.39 is 0 Å². The smallest absolute Gasteiger partial charge is 0.124 e. The monoisotopic (exact) mass is 191 g/mol. The van der Waals surface area contributed by atoms with E-state index in [0.29, 0.717) is 10.6 Å². The molecule has 1 aromatic rings. The number of hydrogen-bond donors (Lipinski definition) is 2. The summed E-state index contributed by atoms with van der Waals surface area (Å²) < 4.78 is 0. The van der Waals surface area contributed by atoms with Crippen LogP contribution >= 0.6 is 24.0 Å². The third-order valence-electron chi connectivity index (χ3n) is 1.02. The summed E-state index contributed by atoms with van der Waals surface area (Å²) in [4.78, 5) is 3.75. The van der Waals surface area contributed by atoms with Gasteiger partial charge in [-0.3, -0.25) is 10.4 Å². The first-order valence-corrected chi connectivity index (χ1v) is 3.03. The van der Waals surface area contributed by atoms with Crippen molar-refractivity contribution in [3.05, 3.63) is 29.0 Å². The van der Waals surface area contributed by atoms with Crippen LogP contribution in [-0.2, 0) is 0 Å². The zero-order chi connectivity index (χ0) is 7.56. The molecule has 3 nitrogen and oxygen atoms in total. The highest BCUT2D eigenvalue weighted by Crippen LogP contribution is 2.06. The maximum Gasteiger partial charge on any atom is 0.124 e. The second kappa shape index (κ2) is 4.16. The number of amidine groups is 1. The highest BCUT2D eigenvalue weighted by atomic mass is 35.5. The van der Waals surface area contributed by atoms with Gasteiger partial charge in [0, 0.05) is 18.0 Å². The number of nitrogen functional groups attached to an aromatic ring is 1. The molecule has 0 atom stereocenters. The van der Waals surface area contributed by atoms with E-state index in [1.165, 1.54) is 12.4 Å². The second-order valence-corrected chi connectivity index (χ2v) is 2.24. The van der Waals surface area contributed by atoms with Gasteiger partial charge < -0.3 is 5.73 Å². The lowest BCUT2D eigenvalue weighted by atomic mass is 10.3. The molecule has 0 amide bonds. The third kappa shape index (κ3) is 2.74. The van der Waals surface area contributed by atoms with Crippen molar-refractivity contribution in [3.8, 4) is 0 Å². The van der Waals surface area contributed by atoms with Crippen LogP contribution in [-0.4, -0.2) is 10.8 Å². The molecule has 0 aliphatic heterocycles. The lowest BCUT2D eigenvalue weighted by molar-refractivity contribution is 1.30. The van der Waals surface area contributed by atoms with E-state index in [1.807, 2.05) is 0 Å².